The van der Waals surface area contributed by atoms with Gasteiger partial charge in [0.2, 0.25) is 0 Å². The largest absolute Gasteiger partial charge is 0.317 e. The fourth-order valence-corrected chi connectivity index (χ4v) is 2.69. The lowest BCUT2D eigenvalue weighted by Gasteiger charge is -2.22. The Bertz CT molecular complexity index is 544. The number of nitrogens with one attached hydrogen (secondary N) is 1. The van der Waals surface area contributed by atoms with Crippen molar-refractivity contribution in [2.24, 2.45) is 0 Å². The molecule has 0 aliphatic carbocycles. The molecule has 0 radical (unpaired) electrons. The molecule has 0 aromatic carbocycles. The quantitative estimate of drug-likeness (QED) is 0.838. The van der Waals surface area contributed by atoms with Gasteiger partial charge in [-0.3, -0.25) is 0 Å². The average Bonchev–Trinajstić information content (AvgIpc) is 2.39. The van der Waals surface area contributed by atoms with Crippen LogP contribution in [0.25, 0.3) is 11.0 Å². The molecular formula is C13H16BrCl2N3. The molecule has 0 atom stereocenters. The highest BCUT2D eigenvalue weighted by Crippen LogP contribution is 2.25. The molecule has 3 heterocycles. The Hall–Kier alpha value is -0.420. The minimum absolute atomic E-state index is 0. The van der Waals surface area contributed by atoms with Crippen molar-refractivity contribution in [3.05, 3.63) is 34.6 Å². The predicted octanol–water partition coefficient (Wildman–Crippen LogP) is 3.70. The van der Waals surface area contributed by atoms with Crippen LogP contribution in [0.1, 0.15) is 24.5 Å². The number of aromatic nitrogens is 2. The van der Waals surface area contributed by atoms with Crippen LogP contribution in [0.5, 0.6) is 0 Å². The molecule has 1 fully saturated rings. The number of halogens is 3. The standard InChI is InChI=1S/C13H14BrN3.2ClH/c14-11-7-10-1-2-12(17-13(10)16-8-11)9-3-5-15-6-4-9;;/h1-2,7-9,15H,3-6H2;2*1H. The fourth-order valence-electron chi connectivity index (χ4n) is 2.34. The first-order valence-electron chi connectivity index (χ1n) is 5.96. The lowest BCUT2D eigenvalue weighted by Crippen LogP contribution is -2.27. The first-order valence-corrected chi connectivity index (χ1v) is 6.75. The van der Waals surface area contributed by atoms with E-state index in [-0.39, 0.29) is 24.8 Å². The maximum Gasteiger partial charge on any atom is 0.159 e. The molecular weight excluding hydrogens is 349 g/mol. The number of hydrogen-bond donors (Lipinski definition) is 1. The van der Waals surface area contributed by atoms with E-state index < -0.39 is 0 Å². The third-order valence-corrected chi connectivity index (χ3v) is 3.72. The van der Waals surface area contributed by atoms with Crippen LogP contribution in [-0.4, -0.2) is 23.1 Å². The fraction of sp³-hybridized carbons (Fsp3) is 0.385. The number of fused-ring (bicyclic) bond motifs is 1. The molecule has 0 spiro atoms. The molecule has 1 aliphatic rings. The molecule has 19 heavy (non-hydrogen) atoms. The van der Waals surface area contributed by atoms with Gasteiger partial charge in [0.1, 0.15) is 0 Å². The summed E-state index contributed by atoms with van der Waals surface area (Å²) in [4.78, 5) is 9.04. The van der Waals surface area contributed by atoms with Crippen molar-refractivity contribution in [3.63, 3.8) is 0 Å². The minimum atomic E-state index is 0. The van der Waals surface area contributed by atoms with E-state index in [1.807, 2.05) is 6.20 Å². The van der Waals surface area contributed by atoms with E-state index in [1.165, 1.54) is 18.5 Å². The van der Waals surface area contributed by atoms with E-state index in [4.69, 9.17) is 0 Å². The molecule has 0 bridgehead atoms. The zero-order chi connectivity index (χ0) is 11.7. The van der Waals surface area contributed by atoms with Crippen LogP contribution in [0.2, 0.25) is 0 Å². The molecule has 0 saturated carbocycles. The minimum Gasteiger partial charge on any atom is -0.317 e. The average molecular weight is 365 g/mol. The van der Waals surface area contributed by atoms with Crippen LogP contribution >= 0.6 is 40.7 Å². The summed E-state index contributed by atoms with van der Waals surface area (Å²) >= 11 is 3.43. The van der Waals surface area contributed by atoms with Crippen LogP contribution in [0, 0.1) is 0 Å². The van der Waals surface area contributed by atoms with E-state index >= 15 is 0 Å². The Balaban J connectivity index is 0.000000902. The van der Waals surface area contributed by atoms with Crippen LogP contribution in [0.3, 0.4) is 0 Å². The van der Waals surface area contributed by atoms with Crippen LogP contribution < -0.4 is 5.32 Å². The van der Waals surface area contributed by atoms with Gasteiger partial charge >= 0.3 is 0 Å². The van der Waals surface area contributed by atoms with Gasteiger partial charge in [0, 0.05) is 27.7 Å². The summed E-state index contributed by atoms with van der Waals surface area (Å²) in [5.41, 5.74) is 2.04. The predicted molar refractivity (Wildman–Crippen MR) is 86.6 cm³/mol. The molecule has 3 rings (SSSR count). The van der Waals surface area contributed by atoms with Crippen LogP contribution in [0.4, 0.5) is 0 Å². The van der Waals surface area contributed by atoms with Crippen molar-refractivity contribution < 1.29 is 0 Å². The van der Waals surface area contributed by atoms with Crippen molar-refractivity contribution >= 4 is 51.8 Å². The molecule has 1 N–H and O–H groups in total. The summed E-state index contributed by atoms with van der Waals surface area (Å²) in [7, 11) is 0. The normalized spacial score (nSPS) is 15.6. The Kier molecular flexibility index (Phi) is 6.47. The molecule has 1 saturated heterocycles. The van der Waals surface area contributed by atoms with Gasteiger partial charge in [-0.2, -0.15) is 0 Å². The zero-order valence-corrected chi connectivity index (χ0v) is 13.5. The Morgan fingerprint density at radius 3 is 2.63 bits per heavy atom. The van der Waals surface area contributed by atoms with Crippen molar-refractivity contribution in [2.45, 2.75) is 18.8 Å². The second-order valence-electron chi connectivity index (χ2n) is 4.46. The van der Waals surface area contributed by atoms with Gasteiger partial charge in [0.05, 0.1) is 0 Å². The molecule has 6 heteroatoms. The van der Waals surface area contributed by atoms with Crippen molar-refractivity contribution in [1.82, 2.24) is 15.3 Å². The van der Waals surface area contributed by atoms with E-state index in [0.717, 1.165) is 28.6 Å². The summed E-state index contributed by atoms with van der Waals surface area (Å²) < 4.78 is 1.00. The maximum atomic E-state index is 4.68. The lowest BCUT2D eigenvalue weighted by molar-refractivity contribution is 0.454. The molecule has 0 amide bonds. The SMILES string of the molecule is Brc1cnc2nc(C3CCNCC3)ccc2c1.Cl.Cl. The van der Waals surface area contributed by atoms with Gasteiger partial charge < -0.3 is 5.32 Å². The van der Waals surface area contributed by atoms with E-state index in [9.17, 15) is 0 Å². The molecule has 0 unspecified atom stereocenters. The lowest BCUT2D eigenvalue weighted by atomic mass is 9.94. The topological polar surface area (TPSA) is 37.8 Å². The Labute approximate surface area is 133 Å². The highest BCUT2D eigenvalue weighted by atomic mass is 79.9. The third-order valence-electron chi connectivity index (χ3n) is 3.29. The van der Waals surface area contributed by atoms with Gasteiger partial charge in [-0.25, -0.2) is 9.97 Å². The Morgan fingerprint density at radius 2 is 1.89 bits per heavy atom. The van der Waals surface area contributed by atoms with Crippen molar-refractivity contribution in [1.29, 1.82) is 0 Å². The highest BCUT2D eigenvalue weighted by Gasteiger charge is 2.16. The molecule has 1 aliphatic heterocycles. The third kappa shape index (κ3) is 3.78. The molecule has 2 aromatic rings. The number of piperidine rings is 1. The molecule has 2 aromatic heterocycles. The molecule has 3 nitrogen and oxygen atoms in total. The van der Waals surface area contributed by atoms with Gasteiger partial charge in [-0.05, 0) is 60.1 Å². The summed E-state index contributed by atoms with van der Waals surface area (Å²) in [6.45, 7) is 2.19. The smallest absolute Gasteiger partial charge is 0.159 e. The van der Waals surface area contributed by atoms with Gasteiger partial charge in [0.25, 0.3) is 0 Å². The van der Waals surface area contributed by atoms with Gasteiger partial charge in [-0.15, -0.1) is 24.8 Å². The summed E-state index contributed by atoms with van der Waals surface area (Å²) in [6.07, 6.45) is 4.16. The number of pyridine rings is 2. The number of nitrogens with zero attached hydrogens (tertiary/aromatic N) is 2. The van der Waals surface area contributed by atoms with E-state index in [2.05, 4.69) is 49.4 Å². The van der Waals surface area contributed by atoms with Crippen molar-refractivity contribution in [2.75, 3.05) is 13.1 Å². The first-order chi connectivity index (χ1) is 8.33. The Morgan fingerprint density at radius 1 is 1.16 bits per heavy atom. The zero-order valence-electron chi connectivity index (χ0n) is 10.3. The summed E-state index contributed by atoms with van der Waals surface area (Å²) in [5, 5.41) is 4.47. The highest BCUT2D eigenvalue weighted by molar-refractivity contribution is 9.10. The second kappa shape index (κ2) is 7.39. The van der Waals surface area contributed by atoms with Crippen LogP contribution in [0.15, 0.2) is 28.9 Å². The van der Waals surface area contributed by atoms with Crippen molar-refractivity contribution in [3.8, 4) is 0 Å². The molecule has 104 valence electrons. The summed E-state index contributed by atoms with van der Waals surface area (Å²) in [5.74, 6) is 0.589. The number of hydrogen-bond acceptors (Lipinski definition) is 3. The second-order valence-corrected chi connectivity index (χ2v) is 5.38. The van der Waals surface area contributed by atoms with Gasteiger partial charge in [-0.1, -0.05) is 0 Å². The maximum absolute atomic E-state index is 4.68. The monoisotopic (exact) mass is 363 g/mol. The first kappa shape index (κ1) is 16.6. The van der Waals surface area contributed by atoms with Gasteiger partial charge in [0.15, 0.2) is 5.65 Å². The van der Waals surface area contributed by atoms with E-state index in [0.29, 0.717) is 5.92 Å². The summed E-state index contributed by atoms with van der Waals surface area (Å²) in [6, 6.07) is 6.32. The van der Waals surface area contributed by atoms with Crippen LogP contribution in [-0.2, 0) is 0 Å². The van der Waals surface area contributed by atoms with E-state index in [1.54, 1.807) is 0 Å². The number of rotatable bonds is 1.